The van der Waals surface area contributed by atoms with Crippen LogP contribution in [0.15, 0.2) is 18.2 Å². The van der Waals surface area contributed by atoms with E-state index in [9.17, 15) is 14.7 Å². The molecule has 2 amide bonds. The van der Waals surface area contributed by atoms with Crippen molar-refractivity contribution in [2.45, 2.75) is 32.8 Å². The van der Waals surface area contributed by atoms with Crippen LogP contribution in [0.1, 0.15) is 25.3 Å². The van der Waals surface area contributed by atoms with Crippen molar-refractivity contribution in [2.75, 3.05) is 18.4 Å². The zero-order valence-corrected chi connectivity index (χ0v) is 13.6. The van der Waals surface area contributed by atoms with Crippen LogP contribution >= 0.6 is 11.6 Å². The van der Waals surface area contributed by atoms with Gasteiger partial charge in [0, 0.05) is 13.1 Å². The summed E-state index contributed by atoms with van der Waals surface area (Å²) < 4.78 is 0. The molecule has 1 aromatic rings. The lowest BCUT2D eigenvalue weighted by Crippen LogP contribution is -2.45. The van der Waals surface area contributed by atoms with Crippen LogP contribution in [-0.4, -0.2) is 41.0 Å². The van der Waals surface area contributed by atoms with Crippen LogP contribution in [0, 0.1) is 12.8 Å². The summed E-state index contributed by atoms with van der Waals surface area (Å²) in [5.41, 5.74) is 1.39. The number of halogens is 1. The second-order valence-corrected chi connectivity index (χ2v) is 6.21. The number of carbonyl (C=O) groups is 2. The zero-order valence-electron chi connectivity index (χ0n) is 12.8. The summed E-state index contributed by atoms with van der Waals surface area (Å²) in [6.45, 7) is 4.62. The number of likely N-dealkylation sites (tertiary alicyclic amines) is 1. The Morgan fingerprint density at radius 1 is 1.36 bits per heavy atom. The molecule has 0 aliphatic carbocycles. The quantitative estimate of drug-likeness (QED) is 0.819. The van der Waals surface area contributed by atoms with E-state index in [0.29, 0.717) is 36.6 Å². The van der Waals surface area contributed by atoms with Gasteiger partial charge in [0.2, 0.25) is 0 Å². The van der Waals surface area contributed by atoms with Crippen molar-refractivity contribution < 1.29 is 14.7 Å². The van der Waals surface area contributed by atoms with Crippen molar-refractivity contribution in [3.63, 3.8) is 0 Å². The largest absolute Gasteiger partial charge is 0.393 e. The Morgan fingerprint density at radius 2 is 2.00 bits per heavy atom. The van der Waals surface area contributed by atoms with Gasteiger partial charge in [-0.05, 0) is 50.3 Å². The monoisotopic (exact) mass is 324 g/mol. The number of hydrogen-bond donors (Lipinski definition) is 2. The smallest absolute Gasteiger partial charge is 0.313 e. The molecule has 1 aliphatic heterocycles. The Kier molecular flexibility index (Phi) is 5.42. The first-order valence-corrected chi connectivity index (χ1v) is 7.80. The fraction of sp³-hybridized carbons (Fsp3) is 0.500. The minimum Gasteiger partial charge on any atom is -0.393 e. The molecule has 5 nitrogen and oxygen atoms in total. The maximum Gasteiger partial charge on any atom is 0.313 e. The first kappa shape index (κ1) is 16.8. The van der Waals surface area contributed by atoms with Gasteiger partial charge in [0.25, 0.3) is 0 Å². The molecule has 2 N–H and O–H groups in total. The number of carbonyl (C=O) groups excluding carboxylic acids is 2. The molecular formula is C16H21ClN2O3. The minimum absolute atomic E-state index is 0.193. The lowest BCUT2D eigenvalue weighted by Gasteiger charge is -2.32. The lowest BCUT2D eigenvalue weighted by atomic mass is 9.92. The van der Waals surface area contributed by atoms with Crippen molar-refractivity contribution in [1.82, 2.24) is 4.90 Å². The number of aliphatic hydroxyl groups is 1. The van der Waals surface area contributed by atoms with Gasteiger partial charge < -0.3 is 15.3 Å². The van der Waals surface area contributed by atoms with Crippen molar-refractivity contribution in [3.05, 3.63) is 28.8 Å². The average Bonchev–Trinajstić information content (AvgIpc) is 2.50. The summed E-state index contributed by atoms with van der Waals surface area (Å²) in [5, 5.41) is 12.5. The Balaban J connectivity index is 1.96. The molecule has 1 aromatic carbocycles. The van der Waals surface area contributed by atoms with Crippen LogP contribution in [0.3, 0.4) is 0 Å². The number of benzene rings is 1. The van der Waals surface area contributed by atoms with Gasteiger partial charge in [-0.3, -0.25) is 9.59 Å². The number of amides is 2. The van der Waals surface area contributed by atoms with E-state index < -0.39 is 11.8 Å². The molecule has 1 unspecified atom stereocenters. The number of piperidine rings is 1. The first-order valence-electron chi connectivity index (χ1n) is 7.43. The van der Waals surface area contributed by atoms with Crippen molar-refractivity contribution in [2.24, 2.45) is 5.92 Å². The molecule has 0 bridgehead atoms. The molecule has 1 atom stereocenters. The Hall–Kier alpha value is -1.59. The maximum absolute atomic E-state index is 12.2. The highest BCUT2D eigenvalue weighted by molar-refractivity contribution is 6.41. The summed E-state index contributed by atoms with van der Waals surface area (Å²) in [6.07, 6.45) is 1.04. The minimum atomic E-state index is -0.678. The Bertz CT molecular complexity index is 567. The van der Waals surface area contributed by atoms with E-state index in [4.69, 9.17) is 11.6 Å². The zero-order chi connectivity index (χ0) is 16.3. The molecule has 1 aliphatic rings. The summed E-state index contributed by atoms with van der Waals surface area (Å²) in [4.78, 5) is 25.8. The molecule has 6 heteroatoms. The van der Waals surface area contributed by atoms with Crippen LogP contribution in [-0.2, 0) is 9.59 Å². The highest BCUT2D eigenvalue weighted by atomic mass is 35.5. The normalized spacial score (nSPS) is 17.2. The number of nitrogens with zero attached hydrogens (tertiary/aromatic N) is 1. The molecule has 120 valence electrons. The number of nitrogens with one attached hydrogen (secondary N) is 1. The van der Waals surface area contributed by atoms with Gasteiger partial charge >= 0.3 is 11.8 Å². The third kappa shape index (κ3) is 3.99. The second-order valence-electron chi connectivity index (χ2n) is 5.81. The fourth-order valence-corrected chi connectivity index (χ4v) is 2.80. The number of anilines is 1. The molecule has 0 spiro atoms. The van der Waals surface area contributed by atoms with Crippen molar-refractivity contribution >= 4 is 29.1 Å². The maximum atomic E-state index is 12.2. The van der Waals surface area contributed by atoms with E-state index in [1.54, 1.807) is 19.1 Å². The van der Waals surface area contributed by atoms with E-state index in [-0.39, 0.29) is 12.0 Å². The standard InChI is InChI=1S/C16H21ClN2O3/c1-10-3-4-13(17)14(9-10)18-15(21)16(22)19-7-5-12(6-8-19)11(2)20/h3-4,9,11-12,20H,5-8H2,1-2H3,(H,18,21). The van der Waals surface area contributed by atoms with Gasteiger partial charge in [0.15, 0.2) is 0 Å². The van der Waals surface area contributed by atoms with Crippen LogP contribution in [0.5, 0.6) is 0 Å². The van der Waals surface area contributed by atoms with Crippen molar-refractivity contribution in [3.8, 4) is 0 Å². The molecule has 0 saturated carbocycles. The third-order valence-electron chi connectivity index (χ3n) is 4.07. The summed E-state index contributed by atoms with van der Waals surface area (Å²) in [5.74, 6) is -1.04. The predicted octanol–water partition coefficient (Wildman–Crippen LogP) is 2.21. The second kappa shape index (κ2) is 7.11. The van der Waals surface area contributed by atoms with Gasteiger partial charge in [0.05, 0.1) is 16.8 Å². The molecule has 22 heavy (non-hydrogen) atoms. The van der Waals surface area contributed by atoms with E-state index in [1.165, 1.54) is 4.90 Å². The number of rotatable bonds is 2. The molecule has 2 rings (SSSR count). The number of aliphatic hydroxyl groups excluding tert-OH is 1. The molecule has 1 fully saturated rings. The molecular weight excluding hydrogens is 304 g/mol. The molecule has 1 saturated heterocycles. The van der Waals surface area contributed by atoms with E-state index in [2.05, 4.69) is 5.32 Å². The lowest BCUT2D eigenvalue weighted by molar-refractivity contribution is -0.144. The molecule has 1 heterocycles. The van der Waals surface area contributed by atoms with Gasteiger partial charge in [-0.1, -0.05) is 17.7 Å². The Labute approximate surface area is 135 Å². The average molecular weight is 325 g/mol. The van der Waals surface area contributed by atoms with Gasteiger partial charge in [-0.25, -0.2) is 0 Å². The van der Waals surface area contributed by atoms with Gasteiger partial charge in [-0.2, -0.15) is 0 Å². The fourth-order valence-electron chi connectivity index (χ4n) is 2.64. The van der Waals surface area contributed by atoms with Crippen LogP contribution in [0.4, 0.5) is 5.69 Å². The van der Waals surface area contributed by atoms with Gasteiger partial charge in [0.1, 0.15) is 0 Å². The molecule has 0 aromatic heterocycles. The third-order valence-corrected chi connectivity index (χ3v) is 4.40. The highest BCUT2D eigenvalue weighted by Gasteiger charge is 2.28. The first-order chi connectivity index (χ1) is 10.4. The summed E-state index contributed by atoms with van der Waals surface area (Å²) in [7, 11) is 0. The van der Waals surface area contributed by atoms with E-state index >= 15 is 0 Å². The predicted molar refractivity (Wildman–Crippen MR) is 85.8 cm³/mol. The number of aryl methyl sites for hydroxylation is 1. The van der Waals surface area contributed by atoms with Crippen LogP contribution in [0.25, 0.3) is 0 Å². The van der Waals surface area contributed by atoms with E-state index in [0.717, 1.165) is 5.56 Å². The Morgan fingerprint density at radius 3 is 2.59 bits per heavy atom. The van der Waals surface area contributed by atoms with Crippen LogP contribution in [0.2, 0.25) is 5.02 Å². The van der Waals surface area contributed by atoms with Crippen LogP contribution < -0.4 is 5.32 Å². The SMILES string of the molecule is Cc1ccc(Cl)c(NC(=O)C(=O)N2CCC(C(C)O)CC2)c1. The van der Waals surface area contributed by atoms with Crippen molar-refractivity contribution in [1.29, 1.82) is 0 Å². The molecule has 0 radical (unpaired) electrons. The van der Waals surface area contributed by atoms with Gasteiger partial charge in [-0.15, -0.1) is 0 Å². The van der Waals surface area contributed by atoms with E-state index in [1.807, 2.05) is 13.0 Å². The topological polar surface area (TPSA) is 69.6 Å². The summed E-state index contributed by atoms with van der Waals surface area (Å²) >= 11 is 6.02. The summed E-state index contributed by atoms with van der Waals surface area (Å²) in [6, 6.07) is 5.25. The highest BCUT2D eigenvalue weighted by Crippen LogP contribution is 2.24. The number of hydrogen-bond acceptors (Lipinski definition) is 3.